The van der Waals surface area contributed by atoms with E-state index in [0.29, 0.717) is 12.0 Å². The lowest BCUT2D eigenvalue weighted by atomic mass is 9.87. The average Bonchev–Trinajstić information content (AvgIpc) is 2.55. The van der Waals surface area contributed by atoms with Gasteiger partial charge in [-0.3, -0.25) is 9.88 Å². The molecule has 0 unspecified atom stereocenters. The Bertz CT molecular complexity index is 459. The summed E-state index contributed by atoms with van der Waals surface area (Å²) in [6, 6.07) is 0.380. The predicted octanol–water partition coefficient (Wildman–Crippen LogP) is 2.00. The molecular weight excluding hydrogens is 264 g/mol. The molecule has 5 heteroatoms. The van der Waals surface area contributed by atoms with Crippen molar-refractivity contribution < 1.29 is 5.11 Å². The second kappa shape index (κ2) is 6.71. The van der Waals surface area contributed by atoms with E-state index in [4.69, 9.17) is 0 Å². The summed E-state index contributed by atoms with van der Waals surface area (Å²) in [7, 11) is 1.90. The van der Waals surface area contributed by atoms with Crippen molar-refractivity contribution >= 4 is 5.82 Å². The van der Waals surface area contributed by atoms with Crippen LogP contribution < -0.4 is 5.32 Å². The van der Waals surface area contributed by atoms with Crippen molar-refractivity contribution in [3.8, 4) is 0 Å². The maximum atomic E-state index is 10.2. The number of anilines is 1. The van der Waals surface area contributed by atoms with Crippen LogP contribution in [0.3, 0.4) is 0 Å². The van der Waals surface area contributed by atoms with E-state index in [9.17, 15) is 5.11 Å². The zero-order valence-electron chi connectivity index (χ0n) is 12.8. The molecule has 1 saturated carbocycles. The van der Waals surface area contributed by atoms with Gasteiger partial charge in [-0.15, -0.1) is 0 Å². The van der Waals surface area contributed by atoms with Crippen LogP contribution in [0, 0.1) is 0 Å². The van der Waals surface area contributed by atoms with Crippen LogP contribution in [-0.2, 0) is 0 Å². The fraction of sp³-hybridized carbons (Fsp3) is 0.750. The summed E-state index contributed by atoms with van der Waals surface area (Å²) in [5, 5.41) is 13.4. The molecular formula is C16H26N4O. The maximum Gasteiger partial charge on any atom is 0.147 e. The maximum absolute atomic E-state index is 10.2. The van der Waals surface area contributed by atoms with E-state index in [1.807, 2.05) is 7.05 Å². The van der Waals surface area contributed by atoms with Crippen LogP contribution in [0.15, 0.2) is 12.4 Å². The summed E-state index contributed by atoms with van der Waals surface area (Å²) in [6.07, 6.45) is 10.2. The first-order valence-corrected chi connectivity index (χ1v) is 8.20. The van der Waals surface area contributed by atoms with Crippen LogP contribution in [0.25, 0.3) is 0 Å². The van der Waals surface area contributed by atoms with Gasteiger partial charge in [-0.1, -0.05) is 12.8 Å². The molecule has 0 radical (unpaired) electrons. The molecule has 116 valence electrons. The van der Waals surface area contributed by atoms with Gasteiger partial charge >= 0.3 is 0 Å². The molecule has 2 N–H and O–H groups in total. The Hall–Kier alpha value is -1.20. The molecule has 0 spiro atoms. The van der Waals surface area contributed by atoms with E-state index in [1.54, 1.807) is 12.4 Å². The van der Waals surface area contributed by atoms with E-state index < -0.39 is 0 Å². The number of piperidine rings is 1. The Kier molecular flexibility index (Phi) is 4.70. The standard InChI is InChI=1S/C16H26N4O/c1-17-16-15(18-8-9-19-16)12-6-10-20(11-7-12)13-4-2-3-5-14(13)21/h8-9,12-14,21H,2-7,10-11H2,1H3,(H,17,19)/t13-,14+/m1/s1. The first-order chi connectivity index (χ1) is 10.3. The highest BCUT2D eigenvalue weighted by Gasteiger charge is 2.32. The summed E-state index contributed by atoms with van der Waals surface area (Å²) in [5.41, 5.74) is 1.10. The number of rotatable bonds is 3. The number of aliphatic hydroxyl groups is 1. The lowest BCUT2D eigenvalue weighted by molar-refractivity contribution is 0.00855. The lowest BCUT2D eigenvalue weighted by Gasteiger charge is -2.41. The normalized spacial score (nSPS) is 28.5. The van der Waals surface area contributed by atoms with E-state index in [-0.39, 0.29) is 6.10 Å². The van der Waals surface area contributed by atoms with Crippen LogP contribution in [-0.4, -0.2) is 52.3 Å². The van der Waals surface area contributed by atoms with Crippen molar-refractivity contribution in [2.24, 2.45) is 0 Å². The topological polar surface area (TPSA) is 61.3 Å². The molecule has 1 aromatic rings. The number of likely N-dealkylation sites (tertiary alicyclic amines) is 1. The number of aromatic nitrogens is 2. The smallest absolute Gasteiger partial charge is 0.147 e. The van der Waals surface area contributed by atoms with E-state index in [2.05, 4.69) is 20.2 Å². The molecule has 0 bridgehead atoms. The third-order valence-corrected chi connectivity index (χ3v) is 5.04. The first kappa shape index (κ1) is 14.7. The predicted molar refractivity (Wildman–Crippen MR) is 83.4 cm³/mol. The Morgan fingerprint density at radius 1 is 1.10 bits per heavy atom. The molecule has 1 aromatic heterocycles. The molecule has 2 atom stereocenters. The van der Waals surface area contributed by atoms with Crippen LogP contribution >= 0.6 is 0 Å². The summed E-state index contributed by atoms with van der Waals surface area (Å²) in [4.78, 5) is 11.4. The molecule has 5 nitrogen and oxygen atoms in total. The molecule has 1 aliphatic heterocycles. The summed E-state index contributed by atoms with van der Waals surface area (Å²) < 4.78 is 0. The van der Waals surface area contributed by atoms with Crippen molar-refractivity contribution in [3.63, 3.8) is 0 Å². The third-order valence-electron chi connectivity index (χ3n) is 5.04. The quantitative estimate of drug-likeness (QED) is 0.891. The molecule has 21 heavy (non-hydrogen) atoms. The first-order valence-electron chi connectivity index (χ1n) is 8.20. The minimum Gasteiger partial charge on any atom is -0.391 e. The van der Waals surface area contributed by atoms with Gasteiger partial charge in [0.1, 0.15) is 5.82 Å². The molecule has 2 aliphatic rings. The fourth-order valence-corrected chi connectivity index (χ4v) is 3.86. The van der Waals surface area contributed by atoms with Crippen molar-refractivity contribution in [1.82, 2.24) is 14.9 Å². The average molecular weight is 290 g/mol. The van der Waals surface area contributed by atoms with Crippen LogP contribution in [0.2, 0.25) is 0 Å². The summed E-state index contributed by atoms with van der Waals surface area (Å²) in [5.74, 6) is 1.40. The van der Waals surface area contributed by atoms with Gasteiger partial charge in [0.05, 0.1) is 11.8 Å². The highest BCUT2D eigenvalue weighted by Crippen LogP contribution is 2.33. The number of hydrogen-bond donors (Lipinski definition) is 2. The Balaban J connectivity index is 1.62. The fourth-order valence-electron chi connectivity index (χ4n) is 3.86. The van der Waals surface area contributed by atoms with Crippen molar-refractivity contribution in [1.29, 1.82) is 0 Å². The summed E-state index contributed by atoms with van der Waals surface area (Å²) in [6.45, 7) is 2.12. The van der Waals surface area contributed by atoms with Crippen LogP contribution in [0.1, 0.15) is 50.1 Å². The van der Waals surface area contributed by atoms with Crippen molar-refractivity contribution in [3.05, 3.63) is 18.1 Å². The largest absolute Gasteiger partial charge is 0.391 e. The van der Waals surface area contributed by atoms with E-state index >= 15 is 0 Å². The molecule has 3 rings (SSSR count). The van der Waals surface area contributed by atoms with Gasteiger partial charge in [-0.25, -0.2) is 4.98 Å². The number of nitrogens with one attached hydrogen (secondary N) is 1. The van der Waals surface area contributed by atoms with E-state index in [1.165, 1.54) is 12.8 Å². The van der Waals surface area contributed by atoms with E-state index in [0.717, 1.165) is 50.3 Å². The number of hydrogen-bond acceptors (Lipinski definition) is 5. The van der Waals surface area contributed by atoms with Crippen LogP contribution in [0.4, 0.5) is 5.82 Å². The van der Waals surface area contributed by atoms with Crippen molar-refractivity contribution in [2.75, 3.05) is 25.5 Å². The minimum atomic E-state index is -0.125. The van der Waals surface area contributed by atoms with Gasteiger partial charge < -0.3 is 10.4 Å². The molecule has 1 aliphatic carbocycles. The third kappa shape index (κ3) is 3.19. The number of nitrogens with zero attached hydrogens (tertiary/aromatic N) is 3. The molecule has 1 saturated heterocycles. The minimum absolute atomic E-state index is 0.125. The number of aliphatic hydroxyl groups excluding tert-OH is 1. The lowest BCUT2D eigenvalue weighted by Crippen LogP contribution is -2.48. The Labute approximate surface area is 126 Å². The van der Waals surface area contributed by atoms with Gasteiger partial charge in [-0.2, -0.15) is 0 Å². The zero-order chi connectivity index (χ0) is 14.7. The molecule has 0 aromatic carbocycles. The van der Waals surface area contributed by atoms with Crippen molar-refractivity contribution in [2.45, 2.75) is 56.6 Å². The summed E-state index contributed by atoms with van der Waals surface area (Å²) >= 11 is 0. The Morgan fingerprint density at radius 3 is 2.52 bits per heavy atom. The van der Waals surface area contributed by atoms with Gasteiger partial charge in [0.2, 0.25) is 0 Å². The van der Waals surface area contributed by atoms with Gasteiger partial charge in [0.25, 0.3) is 0 Å². The highest BCUT2D eigenvalue weighted by atomic mass is 16.3. The zero-order valence-corrected chi connectivity index (χ0v) is 12.8. The Morgan fingerprint density at radius 2 is 1.81 bits per heavy atom. The van der Waals surface area contributed by atoms with Gasteiger partial charge in [-0.05, 0) is 38.8 Å². The second-order valence-electron chi connectivity index (χ2n) is 6.27. The highest BCUT2D eigenvalue weighted by molar-refractivity contribution is 5.40. The SMILES string of the molecule is CNc1nccnc1C1CCN([C@@H]2CCCC[C@@H]2O)CC1. The molecule has 2 heterocycles. The van der Waals surface area contributed by atoms with Gasteiger partial charge in [0.15, 0.2) is 0 Å². The second-order valence-corrected chi connectivity index (χ2v) is 6.27. The monoisotopic (exact) mass is 290 g/mol. The van der Waals surface area contributed by atoms with Gasteiger partial charge in [0, 0.05) is 31.4 Å². The molecule has 0 amide bonds. The molecule has 2 fully saturated rings. The van der Waals surface area contributed by atoms with Crippen LogP contribution in [0.5, 0.6) is 0 Å².